The minimum atomic E-state index is 0.341. The van der Waals surface area contributed by atoms with Crippen LogP contribution < -0.4 is 11.1 Å². The van der Waals surface area contributed by atoms with Crippen LogP contribution >= 0.6 is 0 Å². The van der Waals surface area contributed by atoms with Crippen LogP contribution in [0.1, 0.15) is 31.9 Å². The van der Waals surface area contributed by atoms with Gasteiger partial charge in [0.05, 0.1) is 6.26 Å². The van der Waals surface area contributed by atoms with E-state index in [1.54, 1.807) is 6.26 Å². The summed E-state index contributed by atoms with van der Waals surface area (Å²) in [4.78, 5) is 0. The third kappa shape index (κ3) is 6.31. The van der Waals surface area contributed by atoms with E-state index in [1.807, 2.05) is 12.1 Å². The topological polar surface area (TPSA) is 51.2 Å². The molecule has 0 fully saturated rings. The molecular formula is C12H22N2O. The molecule has 0 saturated heterocycles. The summed E-state index contributed by atoms with van der Waals surface area (Å²) in [6, 6.07) is 4.28. The van der Waals surface area contributed by atoms with Crippen LogP contribution in [0.15, 0.2) is 22.8 Å². The van der Waals surface area contributed by atoms with E-state index in [2.05, 4.69) is 12.2 Å². The molecule has 3 nitrogen and oxygen atoms in total. The van der Waals surface area contributed by atoms with Gasteiger partial charge < -0.3 is 15.5 Å². The Morgan fingerprint density at radius 3 is 2.93 bits per heavy atom. The Labute approximate surface area is 92.0 Å². The molecule has 0 aromatic carbocycles. The van der Waals surface area contributed by atoms with Crippen molar-refractivity contribution in [2.24, 2.45) is 5.73 Å². The molecule has 1 unspecified atom stereocenters. The lowest BCUT2D eigenvalue weighted by molar-refractivity contribution is 0.494. The maximum Gasteiger partial charge on any atom is 0.105 e. The van der Waals surface area contributed by atoms with Crippen LogP contribution in [0.25, 0.3) is 0 Å². The number of nitrogens with two attached hydrogens (primary N) is 1. The largest absolute Gasteiger partial charge is 0.469 e. The fourth-order valence-corrected chi connectivity index (χ4v) is 1.51. The van der Waals surface area contributed by atoms with Crippen molar-refractivity contribution in [2.75, 3.05) is 13.1 Å². The molecule has 3 heteroatoms. The Morgan fingerprint density at radius 2 is 2.27 bits per heavy atom. The summed E-state index contributed by atoms with van der Waals surface area (Å²) < 4.78 is 5.24. The van der Waals surface area contributed by atoms with Gasteiger partial charge in [0.1, 0.15) is 5.76 Å². The summed E-state index contributed by atoms with van der Waals surface area (Å²) in [6.45, 7) is 4.13. The number of unbranched alkanes of at least 4 members (excludes halogenated alkanes) is 1. The SMILES string of the molecule is CC(N)CCCCNCCc1ccco1. The average molecular weight is 210 g/mol. The van der Waals surface area contributed by atoms with Gasteiger partial charge in [-0.25, -0.2) is 0 Å². The van der Waals surface area contributed by atoms with Crippen molar-refractivity contribution in [1.82, 2.24) is 5.32 Å². The lowest BCUT2D eigenvalue weighted by Gasteiger charge is -2.05. The van der Waals surface area contributed by atoms with Crippen LogP contribution in [-0.2, 0) is 6.42 Å². The fourth-order valence-electron chi connectivity index (χ4n) is 1.51. The molecule has 1 atom stereocenters. The Balaban J connectivity index is 1.85. The molecule has 1 heterocycles. The number of rotatable bonds is 8. The first-order chi connectivity index (χ1) is 7.29. The average Bonchev–Trinajstić information content (AvgIpc) is 2.68. The molecule has 0 aliphatic heterocycles. The first-order valence-corrected chi connectivity index (χ1v) is 5.77. The Kier molecular flexibility index (Phi) is 6.12. The van der Waals surface area contributed by atoms with Gasteiger partial charge in [-0.2, -0.15) is 0 Å². The predicted molar refractivity (Wildman–Crippen MR) is 62.8 cm³/mol. The van der Waals surface area contributed by atoms with E-state index in [4.69, 9.17) is 10.2 Å². The van der Waals surface area contributed by atoms with Crippen molar-refractivity contribution in [3.63, 3.8) is 0 Å². The summed E-state index contributed by atoms with van der Waals surface area (Å²) in [5.41, 5.74) is 5.66. The van der Waals surface area contributed by atoms with Crippen LogP contribution in [-0.4, -0.2) is 19.1 Å². The number of hydrogen-bond acceptors (Lipinski definition) is 3. The lowest BCUT2D eigenvalue weighted by atomic mass is 10.1. The van der Waals surface area contributed by atoms with Crippen molar-refractivity contribution in [3.05, 3.63) is 24.2 Å². The molecule has 0 amide bonds. The normalized spacial score (nSPS) is 12.9. The summed E-state index contributed by atoms with van der Waals surface area (Å²) in [6.07, 6.45) is 6.24. The molecule has 15 heavy (non-hydrogen) atoms. The lowest BCUT2D eigenvalue weighted by Crippen LogP contribution is -2.19. The van der Waals surface area contributed by atoms with Gasteiger partial charge in [-0.05, 0) is 38.4 Å². The van der Waals surface area contributed by atoms with Gasteiger partial charge in [-0.3, -0.25) is 0 Å². The predicted octanol–water partition coefficient (Wildman–Crippen LogP) is 1.93. The number of furan rings is 1. The first-order valence-electron chi connectivity index (χ1n) is 5.77. The quantitative estimate of drug-likeness (QED) is 0.645. The van der Waals surface area contributed by atoms with Crippen LogP contribution in [0.3, 0.4) is 0 Å². The van der Waals surface area contributed by atoms with Gasteiger partial charge in [-0.15, -0.1) is 0 Å². The van der Waals surface area contributed by atoms with E-state index in [9.17, 15) is 0 Å². The third-order valence-electron chi connectivity index (χ3n) is 2.39. The monoisotopic (exact) mass is 210 g/mol. The molecule has 1 aromatic heterocycles. The standard InChI is InChI=1S/C12H22N2O/c1-11(13)5-2-3-8-14-9-7-12-6-4-10-15-12/h4,6,10-11,14H,2-3,5,7-9,13H2,1H3. The molecule has 0 aliphatic rings. The second kappa shape index (κ2) is 7.49. The highest BCUT2D eigenvalue weighted by Crippen LogP contribution is 2.00. The van der Waals surface area contributed by atoms with Gasteiger partial charge in [-0.1, -0.05) is 6.42 Å². The van der Waals surface area contributed by atoms with Crippen molar-refractivity contribution in [1.29, 1.82) is 0 Å². The van der Waals surface area contributed by atoms with Gasteiger partial charge in [0.2, 0.25) is 0 Å². The molecule has 1 aromatic rings. The highest BCUT2D eigenvalue weighted by Gasteiger charge is 1.96. The Morgan fingerprint density at radius 1 is 1.40 bits per heavy atom. The van der Waals surface area contributed by atoms with Gasteiger partial charge in [0.15, 0.2) is 0 Å². The molecule has 0 spiro atoms. The molecule has 0 aliphatic carbocycles. The molecule has 0 radical (unpaired) electrons. The van der Waals surface area contributed by atoms with Gasteiger partial charge in [0.25, 0.3) is 0 Å². The zero-order valence-corrected chi connectivity index (χ0v) is 9.54. The van der Waals surface area contributed by atoms with Crippen molar-refractivity contribution >= 4 is 0 Å². The summed E-state index contributed by atoms with van der Waals surface area (Å²) in [5, 5.41) is 3.40. The maximum atomic E-state index is 5.66. The molecule has 0 saturated carbocycles. The molecule has 3 N–H and O–H groups in total. The minimum Gasteiger partial charge on any atom is -0.469 e. The van der Waals surface area contributed by atoms with Crippen LogP contribution in [0.2, 0.25) is 0 Å². The van der Waals surface area contributed by atoms with Crippen LogP contribution in [0.5, 0.6) is 0 Å². The second-order valence-corrected chi connectivity index (χ2v) is 4.05. The van der Waals surface area contributed by atoms with Crippen molar-refractivity contribution in [3.8, 4) is 0 Å². The molecule has 1 rings (SSSR count). The highest BCUT2D eigenvalue weighted by molar-refractivity contribution is 4.98. The summed E-state index contributed by atoms with van der Waals surface area (Å²) >= 11 is 0. The van der Waals surface area contributed by atoms with E-state index < -0.39 is 0 Å². The van der Waals surface area contributed by atoms with Crippen LogP contribution in [0, 0.1) is 0 Å². The van der Waals surface area contributed by atoms with Crippen LogP contribution in [0.4, 0.5) is 0 Å². The highest BCUT2D eigenvalue weighted by atomic mass is 16.3. The maximum absolute atomic E-state index is 5.66. The minimum absolute atomic E-state index is 0.341. The van der Waals surface area contributed by atoms with E-state index in [-0.39, 0.29) is 0 Å². The number of hydrogen-bond donors (Lipinski definition) is 2. The molecule has 0 bridgehead atoms. The zero-order chi connectivity index (χ0) is 10.9. The number of nitrogens with one attached hydrogen (secondary N) is 1. The van der Waals surface area contributed by atoms with Gasteiger partial charge in [0, 0.05) is 19.0 Å². The Bertz CT molecular complexity index is 232. The summed E-state index contributed by atoms with van der Waals surface area (Å²) in [7, 11) is 0. The first kappa shape index (κ1) is 12.3. The smallest absolute Gasteiger partial charge is 0.105 e. The summed E-state index contributed by atoms with van der Waals surface area (Å²) in [5.74, 6) is 1.05. The Hall–Kier alpha value is -0.800. The fraction of sp³-hybridized carbons (Fsp3) is 0.667. The van der Waals surface area contributed by atoms with E-state index in [0.29, 0.717) is 6.04 Å². The van der Waals surface area contributed by atoms with Gasteiger partial charge >= 0.3 is 0 Å². The molecular weight excluding hydrogens is 188 g/mol. The van der Waals surface area contributed by atoms with E-state index in [0.717, 1.165) is 31.7 Å². The zero-order valence-electron chi connectivity index (χ0n) is 9.54. The van der Waals surface area contributed by atoms with Crippen molar-refractivity contribution in [2.45, 2.75) is 38.6 Å². The third-order valence-corrected chi connectivity index (χ3v) is 2.39. The van der Waals surface area contributed by atoms with E-state index >= 15 is 0 Å². The molecule has 86 valence electrons. The van der Waals surface area contributed by atoms with Crippen molar-refractivity contribution < 1.29 is 4.42 Å². The second-order valence-electron chi connectivity index (χ2n) is 4.05. The van der Waals surface area contributed by atoms with E-state index in [1.165, 1.54) is 12.8 Å².